The van der Waals surface area contributed by atoms with Crippen molar-refractivity contribution in [3.05, 3.63) is 53.1 Å². The van der Waals surface area contributed by atoms with Crippen LogP contribution in [-0.2, 0) is 0 Å². The van der Waals surface area contributed by atoms with Crippen molar-refractivity contribution in [2.45, 2.75) is 25.8 Å². The summed E-state index contributed by atoms with van der Waals surface area (Å²) < 4.78 is 0. The maximum Gasteiger partial charge on any atom is 0.274 e. The summed E-state index contributed by atoms with van der Waals surface area (Å²) in [5.74, 6) is -0.0626. The fraction of sp³-hybridized carbons (Fsp3) is 0.389. The average Bonchev–Trinajstić information content (AvgIpc) is 2.62. The number of amides is 1. The van der Waals surface area contributed by atoms with Gasteiger partial charge in [-0.1, -0.05) is 11.6 Å². The van der Waals surface area contributed by atoms with Crippen molar-refractivity contribution in [1.82, 2.24) is 14.9 Å². The average molecular weight is 345 g/mol. The summed E-state index contributed by atoms with van der Waals surface area (Å²) >= 11 is 5.94. The van der Waals surface area contributed by atoms with Crippen molar-refractivity contribution in [3.8, 4) is 0 Å². The highest BCUT2D eigenvalue weighted by Gasteiger charge is 2.26. The molecule has 2 heterocycles. The number of hydrogen-bond donors (Lipinski definition) is 0. The van der Waals surface area contributed by atoms with E-state index < -0.39 is 0 Å². The molecule has 5 nitrogen and oxygen atoms in total. The number of aryl methyl sites for hydroxylation is 1. The van der Waals surface area contributed by atoms with Gasteiger partial charge in [-0.25, -0.2) is 4.98 Å². The van der Waals surface area contributed by atoms with Gasteiger partial charge in [-0.2, -0.15) is 0 Å². The molecule has 1 aliphatic heterocycles. The van der Waals surface area contributed by atoms with Gasteiger partial charge in [-0.15, -0.1) is 0 Å². The molecule has 1 fully saturated rings. The minimum absolute atomic E-state index is 0.0626. The molecule has 6 heteroatoms. The van der Waals surface area contributed by atoms with Crippen molar-refractivity contribution in [3.63, 3.8) is 0 Å². The van der Waals surface area contributed by atoms with Crippen LogP contribution in [0, 0.1) is 6.92 Å². The molecule has 1 aliphatic rings. The quantitative estimate of drug-likeness (QED) is 0.858. The maximum atomic E-state index is 12.5. The van der Waals surface area contributed by atoms with E-state index in [1.54, 1.807) is 17.3 Å². The van der Waals surface area contributed by atoms with E-state index in [9.17, 15) is 4.79 Å². The summed E-state index contributed by atoms with van der Waals surface area (Å²) in [6.07, 6.45) is 5.05. The van der Waals surface area contributed by atoms with Gasteiger partial charge in [-0.05, 0) is 44.0 Å². The first-order valence-electron chi connectivity index (χ1n) is 8.11. The lowest BCUT2D eigenvalue weighted by molar-refractivity contribution is 0.0702. The second-order valence-corrected chi connectivity index (χ2v) is 6.59. The van der Waals surface area contributed by atoms with Crippen molar-refractivity contribution in [1.29, 1.82) is 0 Å². The largest absolute Gasteiger partial charge is 0.371 e. The van der Waals surface area contributed by atoms with Crippen molar-refractivity contribution < 1.29 is 4.79 Å². The monoisotopic (exact) mass is 344 g/mol. The number of rotatable bonds is 3. The predicted molar refractivity (Wildman–Crippen MR) is 95.5 cm³/mol. The third-order valence-electron chi connectivity index (χ3n) is 4.52. The Hall–Kier alpha value is -2.14. The van der Waals surface area contributed by atoms with Gasteiger partial charge in [0, 0.05) is 43.1 Å². The fourth-order valence-corrected chi connectivity index (χ4v) is 3.14. The molecule has 24 heavy (non-hydrogen) atoms. The second kappa shape index (κ2) is 7.18. The Morgan fingerprint density at radius 2 is 1.83 bits per heavy atom. The van der Waals surface area contributed by atoms with Crippen LogP contribution in [0.5, 0.6) is 0 Å². The van der Waals surface area contributed by atoms with Gasteiger partial charge in [0.2, 0.25) is 0 Å². The van der Waals surface area contributed by atoms with Crippen LogP contribution < -0.4 is 4.90 Å². The summed E-state index contributed by atoms with van der Waals surface area (Å²) in [4.78, 5) is 25.0. The van der Waals surface area contributed by atoms with Gasteiger partial charge in [0.25, 0.3) is 5.91 Å². The molecule has 0 spiro atoms. The molecular formula is C18H21ClN4O. The molecule has 1 amide bonds. The van der Waals surface area contributed by atoms with Crippen molar-refractivity contribution in [2.75, 3.05) is 25.0 Å². The van der Waals surface area contributed by atoms with Crippen LogP contribution in [0.1, 0.15) is 29.0 Å². The highest BCUT2D eigenvalue weighted by Crippen LogP contribution is 2.24. The number of nitrogens with zero attached hydrogens (tertiary/aromatic N) is 4. The highest BCUT2D eigenvalue weighted by atomic mass is 35.5. The number of aromatic nitrogens is 2. The van der Waals surface area contributed by atoms with Gasteiger partial charge in [0.1, 0.15) is 5.69 Å². The molecular weight excluding hydrogens is 324 g/mol. The van der Waals surface area contributed by atoms with Gasteiger partial charge < -0.3 is 9.80 Å². The molecule has 0 bridgehead atoms. The Morgan fingerprint density at radius 3 is 2.42 bits per heavy atom. The van der Waals surface area contributed by atoms with Crippen LogP contribution in [0.15, 0.2) is 36.7 Å². The van der Waals surface area contributed by atoms with E-state index in [2.05, 4.69) is 14.9 Å². The zero-order valence-corrected chi connectivity index (χ0v) is 14.7. The molecule has 0 saturated carbocycles. The fourth-order valence-electron chi connectivity index (χ4n) is 3.01. The lowest BCUT2D eigenvalue weighted by atomic mass is 10.0. The smallest absolute Gasteiger partial charge is 0.274 e. The van der Waals surface area contributed by atoms with Crippen molar-refractivity contribution >= 4 is 23.2 Å². The first-order chi connectivity index (χ1) is 11.5. The van der Waals surface area contributed by atoms with Gasteiger partial charge in [0.05, 0.1) is 11.9 Å². The number of halogens is 1. The number of carbonyl (C=O) groups excluding carboxylic acids is 1. The zero-order valence-electron chi connectivity index (χ0n) is 13.9. The number of anilines is 1. The van der Waals surface area contributed by atoms with E-state index >= 15 is 0 Å². The summed E-state index contributed by atoms with van der Waals surface area (Å²) in [6, 6.07) is 8.13. The summed E-state index contributed by atoms with van der Waals surface area (Å²) in [7, 11) is 1.85. The Kier molecular flexibility index (Phi) is 5.00. The van der Waals surface area contributed by atoms with Gasteiger partial charge in [0.15, 0.2) is 0 Å². The van der Waals surface area contributed by atoms with E-state index in [4.69, 9.17) is 11.6 Å². The Labute approximate surface area is 147 Å². The lowest BCUT2D eigenvalue weighted by Gasteiger charge is -2.37. The summed E-state index contributed by atoms with van der Waals surface area (Å²) in [6.45, 7) is 3.70. The molecule has 1 aromatic carbocycles. The molecule has 1 aromatic heterocycles. The van der Waals surface area contributed by atoms with Crippen LogP contribution in [0.25, 0.3) is 0 Å². The third-order valence-corrected chi connectivity index (χ3v) is 4.78. The molecule has 0 N–H and O–H groups in total. The van der Waals surface area contributed by atoms with E-state index in [0.717, 1.165) is 36.6 Å². The van der Waals surface area contributed by atoms with E-state index in [-0.39, 0.29) is 11.9 Å². The van der Waals surface area contributed by atoms with Crippen LogP contribution in [0.3, 0.4) is 0 Å². The Balaban J connectivity index is 1.60. The minimum Gasteiger partial charge on any atom is -0.371 e. The number of carbonyl (C=O) groups is 1. The molecule has 0 unspecified atom stereocenters. The van der Waals surface area contributed by atoms with Crippen LogP contribution in [0.4, 0.5) is 5.69 Å². The van der Waals surface area contributed by atoms with Gasteiger partial charge >= 0.3 is 0 Å². The molecule has 1 saturated heterocycles. The predicted octanol–water partition coefficient (Wildman–Crippen LogP) is 3.18. The molecule has 0 aliphatic carbocycles. The summed E-state index contributed by atoms with van der Waals surface area (Å²) in [5.41, 5.74) is 2.39. The Morgan fingerprint density at radius 1 is 1.17 bits per heavy atom. The lowest BCUT2D eigenvalue weighted by Crippen LogP contribution is -2.45. The SMILES string of the molecule is Cc1cnc(C(=O)N(C)C2CCN(c3ccc(Cl)cc3)CC2)cn1. The maximum absolute atomic E-state index is 12.5. The van der Waals surface area contributed by atoms with E-state index in [1.165, 1.54) is 5.69 Å². The normalized spacial score (nSPS) is 15.4. The second-order valence-electron chi connectivity index (χ2n) is 6.15. The van der Waals surface area contributed by atoms with Crippen LogP contribution >= 0.6 is 11.6 Å². The molecule has 0 radical (unpaired) electrons. The molecule has 2 aromatic rings. The topological polar surface area (TPSA) is 49.3 Å². The standard InChI is InChI=1S/C18H21ClN4O/c1-13-11-21-17(12-20-13)18(24)22(2)15-7-9-23(10-8-15)16-5-3-14(19)4-6-16/h3-6,11-12,15H,7-10H2,1-2H3. The molecule has 126 valence electrons. The Bertz CT molecular complexity index is 694. The number of benzene rings is 1. The molecule has 3 rings (SSSR count). The van der Waals surface area contributed by atoms with Crippen molar-refractivity contribution in [2.24, 2.45) is 0 Å². The first-order valence-corrected chi connectivity index (χ1v) is 8.48. The van der Waals surface area contributed by atoms with E-state index in [1.807, 2.05) is 38.2 Å². The third kappa shape index (κ3) is 3.67. The van der Waals surface area contributed by atoms with Crippen LogP contribution in [-0.4, -0.2) is 47.0 Å². The zero-order chi connectivity index (χ0) is 17.1. The van der Waals surface area contributed by atoms with Gasteiger partial charge in [-0.3, -0.25) is 9.78 Å². The minimum atomic E-state index is -0.0626. The highest BCUT2D eigenvalue weighted by molar-refractivity contribution is 6.30. The number of hydrogen-bond acceptors (Lipinski definition) is 4. The van der Waals surface area contributed by atoms with E-state index in [0.29, 0.717) is 5.69 Å². The van der Waals surface area contributed by atoms with Crippen LogP contribution in [0.2, 0.25) is 5.02 Å². The molecule has 0 atom stereocenters. The number of piperidine rings is 1. The summed E-state index contributed by atoms with van der Waals surface area (Å²) in [5, 5.41) is 0.748. The first kappa shape index (κ1) is 16.7.